The Morgan fingerprint density at radius 1 is 1.27 bits per heavy atom. The lowest BCUT2D eigenvalue weighted by Gasteiger charge is -2.18. The van der Waals surface area contributed by atoms with Crippen LogP contribution in [0.3, 0.4) is 0 Å². The van der Waals surface area contributed by atoms with Gasteiger partial charge in [-0.2, -0.15) is 0 Å². The molecule has 1 aromatic carbocycles. The molecule has 0 spiro atoms. The predicted molar refractivity (Wildman–Crippen MR) is 70.6 cm³/mol. The second-order valence-corrected chi connectivity index (χ2v) is 4.84. The van der Waals surface area contributed by atoms with E-state index in [0.29, 0.717) is 0 Å². The van der Waals surface area contributed by atoms with Crippen molar-refractivity contribution in [2.45, 2.75) is 20.3 Å². The van der Waals surface area contributed by atoms with Gasteiger partial charge in [0.25, 0.3) is 0 Å². The summed E-state index contributed by atoms with van der Waals surface area (Å²) in [5.74, 6) is 0. The van der Waals surface area contributed by atoms with E-state index in [1.165, 1.54) is 5.56 Å². The minimum Gasteiger partial charge on any atom is -0.304 e. The SMILES string of the molecule is CCN(CC)CCc1cc(Br)ccc1Cl. The van der Waals surface area contributed by atoms with Crippen molar-refractivity contribution in [1.82, 2.24) is 4.90 Å². The Morgan fingerprint density at radius 3 is 2.53 bits per heavy atom. The van der Waals surface area contributed by atoms with Crippen molar-refractivity contribution < 1.29 is 0 Å². The van der Waals surface area contributed by atoms with Crippen LogP contribution in [0.1, 0.15) is 19.4 Å². The molecule has 0 amide bonds. The molecule has 0 atom stereocenters. The molecule has 0 aliphatic rings. The van der Waals surface area contributed by atoms with E-state index in [-0.39, 0.29) is 0 Å². The van der Waals surface area contributed by atoms with Crippen LogP contribution in [-0.4, -0.2) is 24.5 Å². The highest BCUT2D eigenvalue weighted by molar-refractivity contribution is 9.10. The van der Waals surface area contributed by atoms with Gasteiger partial charge in [-0.1, -0.05) is 41.4 Å². The molecule has 0 radical (unpaired) electrons. The summed E-state index contributed by atoms with van der Waals surface area (Å²) in [7, 11) is 0. The van der Waals surface area contributed by atoms with Crippen LogP contribution in [-0.2, 0) is 6.42 Å². The Hall–Kier alpha value is -0.0500. The third-order valence-electron chi connectivity index (χ3n) is 2.60. The molecule has 0 saturated carbocycles. The second-order valence-electron chi connectivity index (χ2n) is 3.51. The Labute approximate surface area is 106 Å². The molecular formula is C12H17BrClN. The smallest absolute Gasteiger partial charge is 0.0439 e. The summed E-state index contributed by atoms with van der Waals surface area (Å²) in [4.78, 5) is 2.40. The van der Waals surface area contributed by atoms with E-state index in [1.807, 2.05) is 12.1 Å². The first kappa shape index (κ1) is 13.0. The molecule has 15 heavy (non-hydrogen) atoms. The van der Waals surface area contributed by atoms with Gasteiger partial charge in [-0.05, 0) is 43.3 Å². The van der Waals surface area contributed by atoms with E-state index in [0.717, 1.165) is 35.6 Å². The minimum absolute atomic E-state index is 0.866. The maximum Gasteiger partial charge on any atom is 0.0439 e. The zero-order chi connectivity index (χ0) is 11.3. The molecule has 0 unspecified atom stereocenters. The molecule has 0 aromatic heterocycles. The minimum atomic E-state index is 0.866. The maximum atomic E-state index is 6.13. The van der Waals surface area contributed by atoms with Crippen LogP contribution in [0.5, 0.6) is 0 Å². The number of hydrogen-bond donors (Lipinski definition) is 0. The average Bonchev–Trinajstić information content (AvgIpc) is 2.24. The van der Waals surface area contributed by atoms with Gasteiger partial charge in [-0.15, -0.1) is 0 Å². The van der Waals surface area contributed by atoms with E-state index in [9.17, 15) is 0 Å². The fourth-order valence-electron chi connectivity index (χ4n) is 1.55. The molecule has 0 aliphatic heterocycles. The van der Waals surface area contributed by atoms with E-state index in [2.05, 4.69) is 40.7 Å². The van der Waals surface area contributed by atoms with E-state index in [4.69, 9.17) is 11.6 Å². The fourth-order valence-corrected chi connectivity index (χ4v) is 2.17. The molecular weight excluding hydrogens is 273 g/mol. The maximum absolute atomic E-state index is 6.13. The summed E-state index contributed by atoms with van der Waals surface area (Å²) in [5.41, 5.74) is 1.22. The monoisotopic (exact) mass is 289 g/mol. The summed E-state index contributed by atoms with van der Waals surface area (Å²) >= 11 is 9.59. The van der Waals surface area contributed by atoms with E-state index >= 15 is 0 Å². The quantitative estimate of drug-likeness (QED) is 0.792. The number of nitrogens with zero attached hydrogens (tertiary/aromatic N) is 1. The number of rotatable bonds is 5. The van der Waals surface area contributed by atoms with Crippen molar-refractivity contribution in [3.05, 3.63) is 33.3 Å². The van der Waals surface area contributed by atoms with Crippen molar-refractivity contribution >= 4 is 27.5 Å². The highest BCUT2D eigenvalue weighted by atomic mass is 79.9. The number of hydrogen-bond acceptors (Lipinski definition) is 1. The van der Waals surface area contributed by atoms with E-state index < -0.39 is 0 Å². The van der Waals surface area contributed by atoms with Crippen molar-refractivity contribution in [1.29, 1.82) is 0 Å². The van der Waals surface area contributed by atoms with Gasteiger partial charge in [0.05, 0.1) is 0 Å². The van der Waals surface area contributed by atoms with Gasteiger partial charge in [0.2, 0.25) is 0 Å². The van der Waals surface area contributed by atoms with Gasteiger partial charge in [0.1, 0.15) is 0 Å². The van der Waals surface area contributed by atoms with Crippen LogP contribution in [0.25, 0.3) is 0 Å². The van der Waals surface area contributed by atoms with Gasteiger partial charge >= 0.3 is 0 Å². The summed E-state index contributed by atoms with van der Waals surface area (Å²) in [6.45, 7) is 7.64. The van der Waals surface area contributed by atoms with Crippen molar-refractivity contribution in [3.8, 4) is 0 Å². The highest BCUT2D eigenvalue weighted by Crippen LogP contribution is 2.21. The van der Waals surface area contributed by atoms with Crippen LogP contribution in [0.4, 0.5) is 0 Å². The largest absolute Gasteiger partial charge is 0.304 e. The number of likely N-dealkylation sites (N-methyl/N-ethyl adjacent to an activating group) is 1. The van der Waals surface area contributed by atoms with E-state index in [1.54, 1.807) is 0 Å². The first-order chi connectivity index (χ1) is 7.17. The molecule has 1 nitrogen and oxygen atoms in total. The molecule has 0 N–H and O–H groups in total. The zero-order valence-electron chi connectivity index (χ0n) is 9.26. The summed E-state index contributed by atoms with van der Waals surface area (Å²) in [5, 5.41) is 0.866. The van der Waals surface area contributed by atoms with Crippen molar-refractivity contribution in [2.24, 2.45) is 0 Å². The third kappa shape index (κ3) is 4.13. The standard InChI is InChI=1S/C12H17BrClN/c1-3-15(4-2)8-7-10-9-11(13)5-6-12(10)14/h5-6,9H,3-4,7-8H2,1-2H3. The first-order valence-corrected chi connectivity index (χ1v) is 6.50. The van der Waals surface area contributed by atoms with Gasteiger partial charge in [-0.25, -0.2) is 0 Å². The van der Waals surface area contributed by atoms with Gasteiger partial charge in [0, 0.05) is 16.0 Å². The topological polar surface area (TPSA) is 3.24 Å². The number of halogens is 2. The van der Waals surface area contributed by atoms with Crippen LogP contribution >= 0.6 is 27.5 Å². The normalized spacial score (nSPS) is 11.0. The average molecular weight is 291 g/mol. The summed E-state index contributed by atoms with van der Waals surface area (Å²) in [6, 6.07) is 6.03. The molecule has 84 valence electrons. The molecule has 0 bridgehead atoms. The van der Waals surface area contributed by atoms with Crippen LogP contribution < -0.4 is 0 Å². The Kier molecular flexibility index (Phi) is 5.65. The Morgan fingerprint density at radius 2 is 1.93 bits per heavy atom. The van der Waals surface area contributed by atoms with Gasteiger partial charge < -0.3 is 4.90 Å². The highest BCUT2D eigenvalue weighted by Gasteiger charge is 2.04. The predicted octanol–water partition coefficient (Wildman–Crippen LogP) is 3.99. The Balaban J connectivity index is 2.60. The fraction of sp³-hybridized carbons (Fsp3) is 0.500. The first-order valence-electron chi connectivity index (χ1n) is 5.33. The zero-order valence-corrected chi connectivity index (χ0v) is 11.6. The second kappa shape index (κ2) is 6.51. The molecule has 1 aromatic rings. The van der Waals surface area contributed by atoms with Crippen molar-refractivity contribution in [2.75, 3.05) is 19.6 Å². The van der Waals surface area contributed by atoms with Gasteiger partial charge in [-0.3, -0.25) is 0 Å². The van der Waals surface area contributed by atoms with Gasteiger partial charge in [0.15, 0.2) is 0 Å². The third-order valence-corrected chi connectivity index (χ3v) is 3.46. The summed E-state index contributed by atoms with van der Waals surface area (Å²) < 4.78 is 1.10. The molecule has 1 rings (SSSR count). The molecule has 0 heterocycles. The molecule has 0 aliphatic carbocycles. The lowest BCUT2D eigenvalue weighted by molar-refractivity contribution is 0.308. The molecule has 3 heteroatoms. The lowest BCUT2D eigenvalue weighted by atomic mass is 10.1. The summed E-state index contributed by atoms with van der Waals surface area (Å²) in [6.07, 6.45) is 1.01. The number of benzene rings is 1. The van der Waals surface area contributed by atoms with Crippen LogP contribution in [0, 0.1) is 0 Å². The Bertz CT molecular complexity index is 310. The van der Waals surface area contributed by atoms with Crippen LogP contribution in [0.15, 0.2) is 22.7 Å². The van der Waals surface area contributed by atoms with Crippen LogP contribution in [0.2, 0.25) is 5.02 Å². The molecule has 0 saturated heterocycles. The molecule has 0 fully saturated rings. The van der Waals surface area contributed by atoms with Crippen molar-refractivity contribution in [3.63, 3.8) is 0 Å². The lowest BCUT2D eigenvalue weighted by Crippen LogP contribution is -2.25.